The third-order valence-electron chi connectivity index (χ3n) is 3.69. The van der Waals surface area contributed by atoms with Gasteiger partial charge in [-0.25, -0.2) is 4.98 Å². The molecular formula is C15H20Cl2N2O3. The standard InChI is InChI=1S/C15H20Cl2N2O3/c1-15(2,3)22-12(20)7-9-5-4-6-10(9)19-8-11(16)18-13(17)14(19)21/h8-10H,4-7H2,1-3H3. The van der Waals surface area contributed by atoms with Gasteiger partial charge in [-0.2, -0.15) is 0 Å². The van der Waals surface area contributed by atoms with E-state index in [1.807, 2.05) is 20.8 Å². The minimum Gasteiger partial charge on any atom is -0.460 e. The molecular weight excluding hydrogens is 327 g/mol. The van der Waals surface area contributed by atoms with Crippen molar-refractivity contribution in [1.29, 1.82) is 0 Å². The number of nitrogens with zero attached hydrogens (tertiary/aromatic N) is 2. The van der Waals surface area contributed by atoms with Crippen LogP contribution in [0.25, 0.3) is 0 Å². The molecule has 0 aliphatic heterocycles. The molecule has 0 aromatic carbocycles. The van der Waals surface area contributed by atoms with Crippen LogP contribution in [0.15, 0.2) is 11.0 Å². The first-order chi connectivity index (χ1) is 10.2. The van der Waals surface area contributed by atoms with E-state index in [0.717, 1.165) is 19.3 Å². The van der Waals surface area contributed by atoms with Crippen LogP contribution in [-0.4, -0.2) is 21.1 Å². The van der Waals surface area contributed by atoms with Crippen LogP contribution in [0.5, 0.6) is 0 Å². The summed E-state index contributed by atoms with van der Waals surface area (Å²) in [6.45, 7) is 5.51. The van der Waals surface area contributed by atoms with Gasteiger partial charge in [-0.3, -0.25) is 9.59 Å². The van der Waals surface area contributed by atoms with Gasteiger partial charge < -0.3 is 9.30 Å². The van der Waals surface area contributed by atoms with Gasteiger partial charge in [0.1, 0.15) is 10.8 Å². The number of halogens is 2. The third-order valence-corrected chi connectivity index (χ3v) is 4.11. The van der Waals surface area contributed by atoms with Crippen LogP contribution in [0.3, 0.4) is 0 Å². The van der Waals surface area contributed by atoms with E-state index in [4.69, 9.17) is 27.9 Å². The summed E-state index contributed by atoms with van der Waals surface area (Å²) >= 11 is 11.7. The molecule has 1 aliphatic carbocycles. The van der Waals surface area contributed by atoms with E-state index in [2.05, 4.69) is 4.98 Å². The van der Waals surface area contributed by atoms with Crippen molar-refractivity contribution in [3.8, 4) is 0 Å². The lowest BCUT2D eigenvalue weighted by Gasteiger charge is -2.24. The molecule has 1 heterocycles. The Labute approximate surface area is 139 Å². The Kier molecular flexibility index (Phi) is 5.17. The zero-order chi connectivity index (χ0) is 16.5. The van der Waals surface area contributed by atoms with E-state index in [1.165, 1.54) is 10.8 Å². The molecule has 7 heteroatoms. The highest BCUT2D eigenvalue weighted by Gasteiger charge is 2.33. The van der Waals surface area contributed by atoms with Gasteiger partial charge in [0.15, 0.2) is 5.15 Å². The van der Waals surface area contributed by atoms with Gasteiger partial charge in [-0.15, -0.1) is 0 Å². The Bertz CT molecular complexity index is 622. The van der Waals surface area contributed by atoms with Gasteiger partial charge in [0.25, 0.3) is 5.56 Å². The van der Waals surface area contributed by atoms with Crippen LogP contribution >= 0.6 is 23.2 Å². The normalized spacial score (nSPS) is 21.9. The molecule has 1 aliphatic rings. The largest absolute Gasteiger partial charge is 0.460 e. The van der Waals surface area contributed by atoms with Gasteiger partial charge >= 0.3 is 5.97 Å². The van der Waals surface area contributed by atoms with Crippen LogP contribution in [0.4, 0.5) is 0 Å². The van der Waals surface area contributed by atoms with Gasteiger partial charge in [0.2, 0.25) is 0 Å². The zero-order valence-electron chi connectivity index (χ0n) is 12.9. The molecule has 5 nitrogen and oxygen atoms in total. The van der Waals surface area contributed by atoms with Crippen molar-refractivity contribution in [2.45, 2.75) is 58.1 Å². The number of rotatable bonds is 3. The molecule has 1 saturated carbocycles. The van der Waals surface area contributed by atoms with Crippen molar-refractivity contribution >= 4 is 29.2 Å². The van der Waals surface area contributed by atoms with Gasteiger partial charge in [0, 0.05) is 12.2 Å². The first kappa shape index (κ1) is 17.3. The number of aromatic nitrogens is 2. The molecule has 1 aromatic heterocycles. The Hall–Kier alpha value is -1.07. The average molecular weight is 347 g/mol. The fraction of sp³-hybridized carbons (Fsp3) is 0.667. The Morgan fingerprint density at radius 2 is 2.09 bits per heavy atom. The second-order valence-electron chi connectivity index (χ2n) is 6.62. The first-order valence-corrected chi connectivity index (χ1v) is 8.09. The predicted molar refractivity (Wildman–Crippen MR) is 85.4 cm³/mol. The lowest BCUT2D eigenvalue weighted by atomic mass is 9.99. The average Bonchev–Trinajstić information content (AvgIpc) is 2.79. The topological polar surface area (TPSA) is 61.2 Å². The number of hydrogen-bond acceptors (Lipinski definition) is 4. The second kappa shape index (κ2) is 6.59. The monoisotopic (exact) mass is 346 g/mol. The maximum atomic E-state index is 12.2. The van der Waals surface area contributed by atoms with Gasteiger partial charge in [-0.1, -0.05) is 29.6 Å². The summed E-state index contributed by atoms with van der Waals surface area (Å²) in [4.78, 5) is 27.9. The number of hydrogen-bond donors (Lipinski definition) is 0. The van der Waals surface area contributed by atoms with Crippen molar-refractivity contribution in [1.82, 2.24) is 9.55 Å². The predicted octanol–water partition coefficient (Wildman–Crippen LogP) is 3.62. The molecule has 0 bridgehead atoms. The molecule has 0 N–H and O–H groups in total. The molecule has 2 unspecified atom stereocenters. The van der Waals surface area contributed by atoms with Crippen LogP contribution in [-0.2, 0) is 9.53 Å². The molecule has 1 aromatic rings. The second-order valence-corrected chi connectivity index (χ2v) is 7.36. The molecule has 0 saturated heterocycles. The highest BCUT2D eigenvalue weighted by atomic mass is 35.5. The highest BCUT2D eigenvalue weighted by molar-refractivity contribution is 6.32. The van der Waals surface area contributed by atoms with Crippen LogP contribution in [0.1, 0.15) is 52.5 Å². The third kappa shape index (κ3) is 4.23. The molecule has 0 radical (unpaired) electrons. The fourth-order valence-electron chi connectivity index (χ4n) is 2.92. The number of carbonyl (C=O) groups is 1. The van der Waals surface area contributed by atoms with Crippen LogP contribution < -0.4 is 5.56 Å². The minimum atomic E-state index is -0.509. The van der Waals surface area contributed by atoms with Gasteiger partial charge in [-0.05, 0) is 39.5 Å². The highest BCUT2D eigenvalue weighted by Crippen LogP contribution is 2.38. The smallest absolute Gasteiger partial charge is 0.306 e. The lowest BCUT2D eigenvalue weighted by Crippen LogP contribution is -2.30. The SMILES string of the molecule is CC(C)(C)OC(=O)CC1CCCC1n1cc(Cl)nc(Cl)c1=O. The first-order valence-electron chi connectivity index (χ1n) is 7.33. The van der Waals surface area contributed by atoms with E-state index in [0.29, 0.717) is 0 Å². The summed E-state index contributed by atoms with van der Waals surface area (Å²) in [5.41, 5.74) is -0.877. The van der Waals surface area contributed by atoms with Crippen molar-refractivity contribution in [3.63, 3.8) is 0 Å². The molecule has 122 valence electrons. The summed E-state index contributed by atoms with van der Waals surface area (Å²) in [7, 11) is 0. The Morgan fingerprint density at radius 1 is 1.41 bits per heavy atom. The molecule has 0 amide bonds. The van der Waals surface area contributed by atoms with Crippen molar-refractivity contribution in [2.75, 3.05) is 0 Å². The zero-order valence-corrected chi connectivity index (χ0v) is 14.4. The minimum absolute atomic E-state index is 0.0436. The lowest BCUT2D eigenvalue weighted by molar-refractivity contribution is -0.156. The fourth-order valence-corrected chi connectivity index (χ4v) is 3.34. The number of ether oxygens (including phenoxy) is 1. The maximum Gasteiger partial charge on any atom is 0.306 e. The Balaban J connectivity index is 2.18. The van der Waals surface area contributed by atoms with E-state index in [9.17, 15) is 9.59 Å². The van der Waals surface area contributed by atoms with E-state index >= 15 is 0 Å². The molecule has 2 atom stereocenters. The summed E-state index contributed by atoms with van der Waals surface area (Å²) in [5, 5.41) is 0.0305. The molecule has 1 fully saturated rings. The molecule has 0 spiro atoms. The Morgan fingerprint density at radius 3 is 2.73 bits per heavy atom. The van der Waals surface area contributed by atoms with Gasteiger partial charge in [0.05, 0.1) is 6.42 Å². The quantitative estimate of drug-likeness (QED) is 0.784. The summed E-state index contributed by atoms with van der Waals surface area (Å²) in [5.74, 6) is -0.203. The number of esters is 1. The van der Waals surface area contributed by atoms with E-state index < -0.39 is 5.60 Å². The summed E-state index contributed by atoms with van der Waals surface area (Å²) in [6.07, 6.45) is 4.40. The van der Waals surface area contributed by atoms with E-state index in [1.54, 1.807) is 0 Å². The van der Waals surface area contributed by atoms with Crippen LogP contribution in [0, 0.1) is 5.92 Å². The van der Waals surface area contributed by atoms with E-state index in [-0.39, 0.29) is 40.2 Å². The molecule has 22 heavy (non-hydrogen) atoms. The van der Waals surface area contributed by atoms with Crippen molar-refractivity contribution in [2.24, 2.45) is 5.92 Å². The summed E-state index contributed by atoms with van der Waals surface area (Å²) in [6, 6.07) is -0.0991. The van der Waals surface area contributed by atoms with Crippen LogP contribution in [0.2, 0.25) is 10.3 Å². The maximum absolute atomic E-state index is 12.2. The van der Waals surface area contributed by atoms with Crippen molar-refractivity contribution < 1.29 is 9.53 Å². The number of carbonyl (C=O) groups excluding carboxylic acids is 1. The van der Waals surface area contributed by atoms with Crippen molar-refractivity contribution in [3.05, 3.63) is 26.9 Å². The molecule has 2 rings (SSSR count). The summed E-state index contributed by atoms with van der Waals surface area (Å²) < 4.78 is 6.88.